The lowest BCUT2D eigenvalue weighted by Gasteiger charge is -2.12. The number of hydrogen-bond acceptors (Lipinski definition) is 3. The van der Waals surface area contributed by atoms with Crippen molar-refractivity contribution in [1.82, 2.24) is 29.5 Å². The molecule has 110 valence electrons. The summed E-state index contributed by atoms with van der Waals surface area (Å²) in [6, 6.07) is 10.4. The summed E-state index contributed by atoms with van der Waals surface area (Å²) in [5.41, 5.74) is 3.97. The summed E-state index contributed by atoms with van der Waals surface area (Å²) in [5.74, 6) is 0.814. The molecule has 1 aromatic carbocycles. The van der Waals surface area contributed by atoms with Crippen LogP contribution in [0.1, 0.15) is 18.5 Å². The molecular weight excluding hydrogens is 276 g/mol. The topological polar surface area (TPSA) is 64.3 Å². The van der Waals surface area contributed by atoms with E-state index in [0.29, 0.717) is 0 Å². The Morgan fingerprint density at radius 3 is 2.64 bits per heavy atom. The fourth-order valence-electron chi connectivity index (χ4n) is 2.65. The van der Waals surface area contributed by atoms with Crippen LogP contribution in [0.15, 0.2) is 48.9 Å². The van der Waals surface area contributed by atoms with Gasteiger partial charge in [-0.2, -0.15) is 10.2 Å². The van der Waals surface area contributed by atoms with Crippen molar-refractivity contribution < 1.29 is 0 Å². The minimum Gasteiger partial charge on any atom is -0.335 e. The van der Waals surface area contributed by atoms with E-state index >= 15 is 0 Å². The summed E-state index contributed by atoms with van der Waals surface area (Å²) < 4.78 is 3.71. The van der Waals surface area contributed by atoms with E-state index in [-0.39, 0.29) is 6.04 Å². The van der Waals surface area contributed by atoms with Gasteiger partial charge < -0.3 is 4.98 Å². The number of aromatic nitrogens is 6. The molecule has 0 aliphatic carbocycles. The number of fused-ring (bicyclic) bond motifs is 1. The van der Waals surface area contributed by atoms with Crippen molar-refractivity contribution in [3.63, 3.8) is 0 Å². The zero-order valence-corrected chi connectivity index (χ0v) is 12.4. The monoisotopic (exact) mass is 292 g/mol. The average Bonchev–Trinajstić information content (AvgIpc) is 3.22. The van der Waals surface area contributed by atoms with Gasteiger partial charge >= 0.3 is 0 Å². The molecule has 4 rings (SSSR count). The summed E-state index contributed by atoms with van der Waals surface area (Å²) in [5, 5.41) is 8.66. The lowest BCUT2D eigenvalue weighted by Crippen LogP contribution is -2.08. The lowest BCUT2D eigenvalue weighted by atomic mass is 10.1. The molecule has 0 saturated carbocycles. The van der Waals surface area contributed by atoms with E-state index in [1.165, 1.54) is 5.56 Å². The van der Waals surface area contributed by atoms with E-state index in [9.17, 15) is 0 Å². The predicted molar refractivity (Wildman–Crippen MR) is 84.3 cm³/mol. The highest BCUT2D eigenvalue weighted by atomic mass is 15.3. The van der Waals surface area contributed by atoms with Crippen LogP contribution >= 0.6 is 0 Å². The molecule has 1 N–H and O–H groups in total. The maximum Gasteiger partial charge on any atom is 0.177 e. The largest absolute Gasteiger partial charge is 0.335 e. The zero-order chi connectivity index (χ0) is 15.1. The van der Waals surface area contributed by atoms with E-state index in [1.807, 2.05) is 42.3 Å². The number of nitrogens with zero attached hydrogens (tertiary/aromatic N) is 5. The van der Waals surface area contributed by atoms with Gasteiger partial charge in [0.15, 0.2) is 5.65 Å². The number of H-pyrrole nitrogens is 1. The summed E-state index contributed by atoms with van der Waals surface area (Å²) in [7, 11) is 1.89. The number of rotatable bonds is 3. The molecule has 3 aromatic heterocycles. The van der Waals surface area contributed by atoms with Crippen LogP contribution in [0.5, 0.6) is 0 Å². The van der Waals surface area contributed by atoms with Crippen molar-refractivity contribution in [1.29, 1.82) is 0 Å². The Bertz CT molecular complexity index is 915. The molecular formula is C16H16N6. The van der Waals surface area contributed by atoms with Crippen molar-refractivity contribution in [3.05, 3.63) is 54.5 Å². The molecule has 0 radical (unpaired) electrons. The third kappa shape index (κ3) is 2.00. The third-order valence-electron chi connectivity index (χ3n) is 3.87. The highest BCUT2D eigenvalue weighted by molar-refractivity contribution is 5.75. The van der Waals surface area contributed by atoms with Gasteiger partial charge in [-0.1, -0.05) is 30.3 Å². The standard InChI is InChI=1S/C16H16N6/c1-11(12-6-4-3-5-7-12)22-16-14(9-18-22)19-15(20-16)13-8-17-21(2)10-13/h3-11H,1-2H3,(H,19,20). The number of hydrogen-bond donors (Lipinski definition) is 1. The Balaban J connectivity index is 1.78. The SMILES string of the molecule is CC(c1ccccc1)n1ncc2[nH]c(-c3cnn(C)c3)nc21. The molecule has 1 atom stereocenters. The quantitative estimate of drug-likeness (QED) is 0.631. The van der Waals surface area contributed by atoms with Gasteiger partial charge in [0.1, 0.15) is 11.3 Å². The highest BCUT2D eigenvalue weighted by Gasteiger charge is 2.16. The highest BCUT2D eigenvalue weighted by Crippen LogP contribution is 2.24. The van der Waals surface area contributed by atoms with Gasteiger partial charge in [0.25, 0.3) is 0 Å². The molecule has 0 aliphatic heterocycles. The molecule has 0 saturated heterocycles. The fourth-order valence-corrected chi connectivity index (χ4v) is 2.65. The van der Waals surface area contributed by atoms with Crippen molar-refractivity contribution in [2.24, 2.45) is 7.05 Å². The maximum absolute atomic E-state index is 4.69. The van der Waals surface area contributed by atoms with Crippen molar-refractivity contribution in [2.45, 2.75) is 13.0 Å². The van der Waals surface area contributed by atoms with Gasteiger partial charge in [-0.15, -0.1) is 0 Å². The summed E-state index contributed by atoms with van der Waals surface area (Å²) >= 11 is 0. The Morgan fingerprint density at radius 1 is 1.09 bits per heavy atom. The van der Waals surface area contributed by atoms with E-state index in [0.717, 1.165) is 22.6 Å². The van der Waals surface area contributed by atoms with Gasteiger partial charge in [0, 0.05) is 13.2 Å². The first kappa shape index (κ1) is 12.8. The normalized spacial score (nSPS) is 12.8. The number of imidazole rings is 1. The molecule has 22 heavy (non-hydrogen) atoms. The average molecular weight is 292 g/mol. The summed E-state index contributed by atoms with van der Waals surface area (Å²) in [6.07, 6.45) is 5.56. The van der Waals surface area contributed by atoms with Crippen LogP contribution < -0.4 is 0 Å². The van der Waals surface area contributed by atoms with Crippen LogP contribution in [0.25, 0.3) is 22.6 Å². The van der Waals surface area contributed by atoms with Crippen molar-refractivity contribution in [2.75, 3.05) is 0 Å². The number of benzene rings is 1. The van der Waals surface area contributed by atoms with E-state index in [2.05, 4.69) is 34.2 Å². The molecule has 0 bridgehead atoms. The van der Waals surface area contributed by atoms with E-state index in [1.54, 1.807) is 10.9 Å². The second kappa shape index (κ2) is 4.84. The van der Waals surface area contributed by atoms with E-state index < -0.39 is 0 Å². The van der Waals surface area contributed by atoms with Crippen molar-refractivity contribution >= 4 is 11.2 Å². The number of aromatic amines is 1. The second-order valence-electron chi connectivity index (χ2n) is 5.40. The maximum atomic E-state index is 4.69. The molecule has 0 amide bonds. The van der Waals surface area contributed by atoms with Crippen LogP contribution in [-0.4, -0.2) is 29.5 Å². The van der Waals surface area contributed by atoms with Gasteiger partial charge in [-0.25, -0.2) is 9.67 Å². The van der Waals surface area contributed by atoms with Crippen molar-refractivity contribution in [3.8, 4) is 11.4 Å². The van der Waals surface area contributed by atoms with Crippen LogP contribution in [0.4, 0.5) is 0 Å². The Labute approximate surface area is 127 Å². The zero-order valence-electron chi connectivity index (χ0n) is 12.4. The molecule has 3 heterocycles. The molecule has 6 heteroatoms. The Morgan fingerprint density at radius 2 is 1.91 bits per heavy atom. The Kier molecular flexibility index (Phi) is 2.82. The molecule has 0 aliphatic rings. The van der Waals surface area contributed by atoms with Gasteiger partial charge in [-0.3, -0.25) is 4.68 Å². The van der Waals surface area contributed by atoms with Gasteiger partial charge in [0.2, 0.25) is 0 Å². The van der Waals surface area contributed by atoms with Crippen LogP contribution in [0.3, 0.4) is 0 Å². The molecule has 4 aromatic rings. The van der Waals surface area contributed by atoms with Crippen LogP contribution in [-0.2, 0) is 7.05 Å². The van der Waals surface area contributed by atoms with Crippen LogP contribution in [0, 0.1) is 0 Å². The first-order valence-corrected chi connectivity index (χ1v) is 7.19. The summed E-state index contributed by atoms with van der Waals surface area (Å²) in [4.78, 5) is 8.00. The predicted octanol–water partition coefficient (Wildman–Crippen LogP) is 2.77. The number of aryl methyl sites for hydroxylation is 1. The molecule has 0 spiro atoms. The third-order valence-corrected chi connectivity index (χ3v) is 3.87. The molecule has 6 nitrogen and oxygen atoms in total. The fraction of sp³-hybridized carbons (Fsp3) is 0.188. The lowest BCUT2D eigenvalue weighted by molar-refractivity contribution is 0.579. The minimum absolute atomic E-state index is 0.128. The number of nitrogens with one attached hydrogen (secondary N) is 1. The van der Waals surface area contributed by atoms with Gasteiger partial charge in [0.05, 0.1) is 24.0 Å². The van der Waals surface area contributed by atoms with E-state index in [4.69, 9.17) is 4.98 Å². The second-order valence-corrected chi connectivity index (χ2v) is 5.40. The first-order chi connectivity index (χ1) is 10.7. The molecule has 1 unspecified atom stereocenters. The van der Waals surface area contributed by atoms with Crippen LogP contribution in [0.2, 0.25) is 0 Å². The first-order valence-electron chi connectivity index (χ1n) is 7.19. The smallest absolute Gasteiger partial charge is 0.177 e. The Hall–Kier alpha value is -2.89. The molecule has 0 fully saturated rings. The summed E-state index contributed by atoms with van der Waals surface area (Å²) in [6.45, 7) is 2.13. The van der Waals surface area contributed by atoms with Gasteiger partial charge in [-0.05, 0) is 12.5 Å². The minimum atomic E-state index is 0.128.